The summed E-state index contributed by atoms with van der Waals surface area (Å²) in [5.41, 5.74) is 0.121. The van der Waals surface area contributed by atoms with Crippen LogP contribution in [0.2, 0.25) is 0 Å². The number of aromatic nitrogens is 1. The van der Waals surface area contributed by atoms with Gasteiger partial charge in [-0.1, -0.05) is 0 Å². The molecule has 0 saturated carbocycles. The molecule has 0 fully saturated rings. The van der Waals surface area contributed by atoms with Crippen molar-refractivity contribution in [2.45, 2.75) is 13.8 Å². The molecule has 10 nitrogen and oxygen atoms in total. The average molecular weight is 375 g/mol. The molecule has 0 spiro atoms. The molecule has 1 amide bonds. The highest BCUT2D eigenvalue weighted by Crippen LogP contribution is 2.29. The maximum Gasteiger partial charge on any atom is 0.355 e. The van der Waals surface area contributed by atoms with Crippen molar-refractivity contribution in [2.24, 2.45) is 0 Å². The number of rotatable bonds is 6. The Hall–Kier alpha value is -3.69. The van der Waals surface area contributed by atoms with Crippen LogP contribution in [0.15, 0.2) is 23.9 Å². The zero-order valence-electron chi connectivity index (χ0n) is 14.8. The number of methoxy groups -OCH3 is 1. The molecule has 2 rings (SSSR count). The largest absolute Gasteiger partial charge is 0.464 e. The van der Waals surface area contributed by atoms with Gasteiger partial charge in [-0.05, 0) is 19.1 Å². The van der Waals surface area contributed by atoms with Crippen molar-refractivity contribution in [3.8, 4) is 0 Å². The molecule has 1 heterocycles. The number of nitrogens with one attached hydrogen (secondary N) is 2. The maximum absolute atomic E-state index is 12.3. The number of amides is 1. The van der Waals surface area contributed by atoms with E-state index >= 15 is 0 Å². The van der Waals surface area contributed by atoms with E-state index in [1.807, 2.05) is 0 Å². The quantitative estimate of drug-likeness (QED) is 0.340. The number of ether oxygens (including phenoxy) is 2. The molecule has 0 atom stereocenters. The van der Waals surface area contributed by atoms with E-state index in [1.165, 1.54) is 31.2 Å². The van der Waals surface area contributed by atoms with Gasteiger partial charge in [-0.3, -0.25) is 14.9 Å². The van der Waals surface area contributed by atoms with Gasteiger partial charge in [0.25, 0.3) is 5.69 Å². The fourth-order valence-corrected chi connectivity index (χ4v) is 2.42. The van der Waals surface area contributed by atoms with Crippen LogP contribution in [-0.2, 0) is 19.1 Å². The van der Waals surface area contributed by atoms with Gasteiger partial charge < -0.3 is 19.8 Å². The number of nitro groups is 1. The molecule has 0 bridgehead atoms. The van der Waals surface area contributed by atoms with Gasteiger partial charge in [0.15, 0.2) is 0 Å². The third-order valence-electron chi connectivity index (χ3n) is 3.52. The molecule has 0 aliphatic rings. The summed E-state index contributed by atoms with van der Waals surface area (Å²) < 4.78 is 9.62. The van der Waals surface area contributed by atoms with Gasteiger partial charge in [0, 0.05) is 35.5 Å². The number of H-pyrrole nitrogens is 1. The Morgan fingerprint density at radius 1 is 1.33 bits per heavy atom. The molecule has 0 aliphatic carbocycles. The molecule has 0 radical (unpaired) electrons. The van der Waals surface area contributed by atoms with Crippen LogP contribution in [0.4, 0.5) is 5.69 Å². The molecule has 2 aromatic rings. The second kappa shape index (κ2) is 8.13. The Balaban J connectivity index is 2.76. The van der Waals surface area contributed by atoms with Crippen LogP contribution in [0.1, 0.15) is 29.9 Å². The summed E-state index contributed by atoms with van der Waals surface area (Å²) in [5, 5.41) is 13.7. The van der Waals surface area contributed by atoms with Crippen LogP contribution in [0.3, 0.4) is 0 Å². The van der Waals surface area contributed by atoms with Gasteiger partial charge in [0.05, 0.1) is 18.6 Å². The number of hydrogen-bond donors (Lipinski definition) is 2. The predicted octanol–water partition coefficient (Wildman–Crippen LogP) is 1.90. The van der Waals surface area contributed by atoms with E-state index in [0.29, 0.717) is 10.9 Å². The highest BCUT2D eigenvalue weighted by molar-refractivity contribution is 6.06. The van der Waals surface area contributed by atoms with Crippen LogP contribution in [0.25, 0.3) is 17.0 Å². The number of carbonyl (C=O) groups is 3. The van der Waals surface area contributed by atoms with E-state index in [-0.39, 0.29) is 29.2 Å². The number of benzene rings is 1. The summed E-state index contributed by atoms with van der Waals surface area (Å²) in [6, 6.07) is 3.96. The summed E-state index contributed by atoms with van der Waals surface area (Å²) in [7, 11) is 1.13. The Morgan fingerprint density at radius 3 is 2.59 bits per heavy atom. The fraction of sp³-hybridized carbons (Fsp3) is 0.235. The summed E-state index contributed by atoms with van der Waals surface area (Å²) in [5.74, 6) is -2.09. The minimum atomic E-state index is -0.847. The molecular formula is C17H17N3O7. The highest BCUT2D eigenvalue weighted by Gasteiger charge is 2.22. The van der Waals surface area contributed by atoms with Crippen molar-refractivity contribution in [1.29, 1.82) is 0 Å². The zero-order chi connectivity index (χ0) is 20.1. The first-order valence-electron chi connectivity index (χ1n) is 7.83. The highest BCUT2D eigenvalue weighted by atomic mass is 16.6. The lowest BCUT2D eigenvalue weighted by atomic mass is 10.1. The summed E-state index contributed by atoms with van der Waals surface area (Å²) in [6.07, 6.45) is 1.21. The van der Waals surface area contributed by atoms with Crippen molar-refractivity contribution in [3.05, 3.63) is 45.3 Å². The molecule has 2 N–H and O–H groups in total. The smallest absolute Gasteiger partial charge is 0.355 e. The molecule has 1 aromatic heterocycles. The normalized spacial score (nSPS) is 11.1. The second-order valence-electron chi connectivity index (χ2n) is 5.35. The zero-order valence-corrected chi connectivity index (χ0v) is 14.8. The van der Waals surface area contributed by atoms with Gasteiger partial charge in [-0.15, -0.1) is 0 Å². The number of non-ortho nitro benzene ring substituents is 1. The van der Waals surface area contributed by atoms with Crippen LogP contribution >= 0.6 is 0 Å². The van der Waals surface area contributed by atoms with Crippen molar-refractivity contribution >= 4 is 40.5 Å². The van der Waals surface area contributed by atoms with Gasteiger partial charge in [0.2, 0.25) is 5.91 Å². The molecule has 27 heavy (non-hydrogen) atoms. The molecule has 0 unspecified atom stereocenters. The molecular weight excluding hydrogens is 358 g/mol. The maximum atomic E-state index is 12.3. The van der Waals surface area contributed by atoms with E-state index in [4.69, 9.17) is 4.74 Å². The topological polar surface area (TPSA) is 141 Å². The molecule has 10 heteroatoms. The summed E-state index contributed by atoms with van der Waals surface area (Å²) >= 11 is 0. The number of hydrogen-bond acceptors (Lipinski definition) is 7. The van der Waals surface area contributed by atoms with Crippen LogP contribution in [0, 0.1) is 10.1 Å². The predicted molar refractivity (Wildman–Crippen MR) is 94.7 cm³/mol. The first kappa shape index (κ1) is 19.6. The second-order valence-corrected chi connectivity index (χ2v) is 5.35. The Kier molecular flexibility index (Phi) is 5.91. The lowest BCUT2D eigenvalue weighted by Crippen LogP contribution is -2.25. The molecule has 1 aromatic carbocycles. The summed E-state index contributed by atoms with van der Waals surface area (Å²) in [6.45, 7) is 2.92. The van der Waals surface area contributed by atoms with Crippen LogP contribution in [0.5, 0.6) is 0 Å². The van der Waals surface area contributed by atoms with Crippen molar-refractivity contribution in [3.63, 3.8) is 0 Å². The number of esters is 2. The number of nitrogens with zero attached hydrogens (tertiary/aromatic N) is 1. The monoisotopic (exact) mass is 375 g/mol. The van der Waals surface area contributed by atoms with E-state index in [9.17, 15) is 24.5 Å². The van der Waals surface area contributed by atoms with E-state index < -0.39 is 22.8 Å². The first-order chi connectivity index (χ1) is 12.8. The number of nitro benzene ring substituents is 1. The van der Waals surface area contributed by atoms with E-state index in [0.717, 1.165) is 7.11 Å². The number of fused-ring (bicyclic) bond motifs is 1. The Labute approximate surface area is 153 Å². The van der Waals surface area contributed by atoms with Crippen molar-refractivity contribution < 1.29 is 28.8 Å². The Morgan fingerprint density at radius 2 is 2.04 bits per heavy atom. The van der Waals surface area contributed by atoms with Crippen LogP contribution < -0.4 is 5.32 Å². The number of carbonyl (C=O) groups excluding carboxylic acids is 3. The van der Waals surface area contributed by atoms with Gasteiger partial charge in [-0.2, -0.15) is 0 Å². The van der Waals surface area contributed by atoms with Crippen molar-refractivity contribution in [1.82, 2.24) is 10.3 Å². The Bertz CT molecular complexity index is 959. The molecule has 142 valence electrons. The van der Waals surface area contributed by atoms with Gasteiger partial charge in [-0.25, -0.2) is 9.59 Å². The lowest BCUT2D eigenvalue weighted by Gasteiger charge is -2.07. The van der Waals surface area contributed by atoms with Crippen LogP contribution in [-0.4, -0.2) is 41.5 Å². The fourth-order valence-electron chi connectivity index (χ4n) is 2.42. The standard InChI is InChI=1S/C17H17N3O7/c1-4-27-17(23)15-12(8-14(16(22)26-3)18-9(2)21)11-7-10(20(24)25)5-6-13(11)19-15/h5-8,19H,4H2,1-3H3,(H,18,21)/b14-8-. The lowest BCUT2D eigenvalue weighted by molar-refractivity contribution is -0.384. The minimum absolute atomic E-state index is 0.0147. The first-order valence-corrected chi connectivity index (χ1v) is 7.83. The van der Waals surface area contributed by atoms with Gasteiger partial charge in [0.1, 0.15) is 11.4 Å². The van der Waals surface area contributed by atoms with Crippen molar-refractivity contribution in [2.75, 3.05) is 13.7 Å². The SMILES string of the molecule is CCOC(=O)c1[nH]c2ccc([N+](=O)[O-])cc2c1/C=C(\NC(C)=O)C(=O)OC. The molecule has 0 aliphatic heterocycles. The number of aromatic amines is 1. The average Bonchev–Trinajstić information content (AvgIpc) is 2.98. The molecule has 0 saturated heterocycles. The van der Waals surface area contributed by atoms with E-state index in [2.05, 4.69) is 15.0 Å². The third kappa shape index (κ3) is 4.29. The third-order valence-corrected chi connectivity index (χ3v) is 3.52. The van der Waals surface area contributed by atoms with E-state index in [1.54, 1.807) is 6.92 Å². The minimum Gasteiger partial charge on any atom is -0.464 e. The summed E-state index contributed by atoms with van der Waals surface area (Å²) in [4.78, 5) is 48.9. The van der Waals surface area contributed by atoms with Gasteiger partial charge >= 0.3 is 11.9 Å².